The molecular weight excluding hydrogens is 230 g/mol. The Labute approximate surface area is 110 Å². The molecule has 0 bridgehead atoms. The van der Waals surface area contributed by atoms with Crippen LogP contribution in [0.15, 0.2) is 0 Å². The maximum Gasteiger partial charge on any atom is 0.224 e. The SMILES string of the molecule is CNC(=O)C(C)CN(C)C(=O)CCCCCCN. The summed E-state index contributed by atoms with van der Waals surface area (Å²) in [7, 11) is 3.36. The minimum atomic E-state index is -0.166. The predicted molar refractivity (Wildman–Crippen MR) is 73.0 cm³/mol. The summed E-state index contributed by atoms with van der Waals surface area (Å²) < 4.78 is 0. The molecule has 0 saturated carbocycles. The van der Waals surface area contributed by atoms with Crippen LogP contribution >= 0.6 is 0 Å². The highest BCUT2D eigenvalue weighted by atomic mass is 16.2. The van der Waals surface area contributed by atoms with Crippen LogP contribution in [0.3, 0.4) is 0 Å². The first-order valence-corrected chi connectivity index (χ1v) is 6.68. The zero-order valence-electron chi connectivity index (χ0n) is 11.9. The molecule has 106 valence electrons. The number of amides is 2. The molecule has 0 radical (unpaired) electrons. The van der Waals surface area contributed by atoms with Crippen LogP contribution in [0, 0.1) is 5.92 Å². The number of hydrogen-bond donors (Lipinski definition) is 2. The van der Waals surface area contributed by atoms with Gasteiger partial charge in [-0.25, -0.2) is 0 Å². The second-order valence-corrected chi connectivity index (χ2v) is 4.74. The number of hydrogen-bond acceptors (Lipinski definition) is 3. The monoisotopic (exact) mass is 257 g/mol. The molecule has 0 spiro atoms. The molecule has 2 amide bonds. The fraction of sp³-hybridized carbons (Fsp3) is 0.846. The van der Waals surface area contributed by atoms with E-state index in [0.717, 1.165) is 32.2 Å². The smallest absolute Gasteiger partial charge is 0.224 e. The van der Waals surface area contributed by atoms with Crippen LogP contribution in [0.1, 0.15) is 39.0 Å². The van der Waals surface area contributed by atoms with Gasteiger partial charge in [-0.2, -0.15) is 0 Å². The largest absolute Gasteiger partial charge is 0.359 e. The minimum Gasteiger partial charge on any atom is -0.359 e. The van der Waals surface area contributed by atoms with Gasteiger partial charge in [-0.1, -0.05) is 19.8 Å². The highest BCUT2D eigenvalue weighted by Crippen LogP contribution is 2.06. The van der Waals surface area contributed by atoms with E-state index in [9.17, 15) is 9.59 Å². The maximum absolute atomic E-state index is 11.8. The molecule has 0 aromatic carbocycles. The van der Waals surface area contributed by atoms with Crippen molar-refractivity contribution in [2.45, 2.75) is 39.0 Å². The molecule has 18 heavy (non-hydrogen) atoms. The molecule has 0 aliphatic carbocycles. The number of carbonyl (C=O) groups excluding carboxylic acids is 2. The molecule has 1 atom stereocenters. The van der Waals surface area contributed by atoms with Crippen molar-refractivity contribution in [3.05, 3.63) is 0 Å². The molecule has 0 rings (SSSR count). The summed E-state index contributed by atoms with van der Waals surface area (Å²) in [5, 5.41) is 2.59. The summed E-state index contributed by atoms with van der Waals surface area (Å²) in [6, 6.07) is 0. The Kier molecular flexibility index (Phi) is 9.28. The van der Waals surface area contributed by atoms with Crippen molar-refractivity contribution < 1.29 is 9.59 Å². The number of rotatable bonds is 9. The lowest BCUT2D eigenvalue weighted by atomic mass is 10.1. The van der Waals surface area contributed by atoms with Crippen molar-refractivity contribution >= 4 is 11.8 Å². The Balaban J connectivity index is 3.79. The first kappa shape index (κ1) is 16.9. The number of nitrogens with one attached hydrogen (secondary N) is 1. The Morgan fingerprint density at radius 1 is 1.22 bits per heavy atom. The number of unbranched alkanes of at least 4 members (excludes halogenated alkanes) is 3. The minimum absolute atomic E-state index is 0.0300. The van der Waals surface area contributed by atoms with Crippen molar-refractivity contribution in [1.29, 1.82) is 0 Å². The first-order chi connectivity index (χ1) is 8.52. The van der Waals surface area contributed by atoms with Crippen molar-refractivity contribution in [2.24, 2.45) is 11.7 Å². The zero-order chi connectivity index (χ0) is 14.0. The lowest BCUT2D eigenvalue weighted by Crippen LogP contribution is -2.37. The fourth-order valence-electron chi connectivity index (χ4n) is 1.81. The molecule has 0 aromatic rings. The Hall–Kier alpha value is -1.10. The van der Waals surface area contributed by atoms with Crippen LogP contribution < -0.4 is 11.1 Å². The average molecular weight is 257 g/mol. The summed E-state index contributed by atoms with van der Waals surface area (Å²) in [5.41, 5.74) is 5.40. The predicted octanol–water partition coefficient (Wildman–Crippen LogP) is 0.736. The van der Waals surface area contributed by atoms with Gasteiger partial charge in [0.2, 0.25) is 11.8 Å². The van der Waals surface area contributed by atoms with Crippen LogP contribution in [0.25, 0.3) is 0 Å². The number of carbonyl (C=O) groups is 2. The lowest BCUT2D eigenvalue weighted by molar-refractivity contribution is -0.132. The van der Waals surface area contributed by atoms with Crippen LogP contribution in [0.2, 0.25) is 0 Å². The van der Waals surface area contributed by atoms with Gasteiger partial charge < -0.3 is 16.0 Å². The zero-order valence-corrected chi connectivity index (χ0v) is 11.9. The molecule has 0 aromatic heterocycles. The van der Waals surface area contributed by atoms with Gasteiger partial charge in [0.25, 0.3) is 0 Å². The number of nitrogens with zero attached hydrogens (tertiary/aromatic N) is 1. The van der Waals surface area contributed by atoms with Gasteiger partial charge in [0, 0.05) is 27.1 Å². The molecule has 5 heteroatoms. The summed E-state index contributed by atoms with van der Waals surface area (Å²) >= 11 is 0. The van der Waals surface area contributed by atoms with Crippen LogP contribution in [-0.4, -0.2) is 43.9 Å². The normalized spacial score (nSPS) is 12.0. The molecule has 5 nitrogen and oxygen atoms in total. The first-order valence-electron chi connectivity index (χ1n) is 6.68. The van der Waals surface area contributed by atoms with Crippen molar-refractivity contribution in [3.63, 3.8) is 0 Å². The van der Waals surface area contributed by atoms with Gasteiger partial charge >= 0.3 is 0 Å². The molecule has 0 fully saturated rings. The molecule has 0 aliphatic heterocycles. The number of nitrogens with two attached hydrogens (primary N) is 1. The Morgan fingerprint density at radius 2 is 1.83 bits per heavy atom. The van der Waals surface area contributed by atoms with Crippen molar-refractivity contribution in [1.82, 2.24) is 10.2 Å². The average Bonchev–Trinajstić information content (AvgIpc) is 2.36. The van der Waals surface area contributed by atoms with Gasteiger partial charge in [0.05, 0.1) is 5.92 Å². The maximum atomic E-state index is 11.8. The van der Waals surface area contributed by atoms with E-state index in [1.54, 1.807) is 19.0 Å². The molecular formula is C13H27N3O2. The summed E-state index contributed by atoms with van der Waals surface area (Å²) in [6.45, 7) is 3.02. The van der Waals surface area contributed by atoms with Crippen LogP contribution in [0.4, 0.5) is 0 Å². The van der Waals surface area contributed by atoms with E-state index in [-0.39, 0.29) is 17.7 Å². The third-order valence-electron chi connectivity index (χ3n) is 3.01. The Bertz CT molecular complexity index is 257. The molecule has 3 N–H and O–H groups in total. The van der Waals surface area contributed by atoms with Crippen LogP contribution in [0.5, 0.6) is 0 Å². The highest BCUT2D eigenvalue weighted by molar-refractivity contribution is 5.80. The quantitative estimate of drug-likeness (QED) is 0.598. The van der Waals surface area contributed by atoms with E-state index >= 15 is 0 Å². The molecule has 0 saturated heterocycles. The second-order valence-electron chi connectivity index (χ2n) is 4.74. The summed E-state index contributed by atoms with van der Waals surface area (Å²) in [5.74, 6) is -0.0858. The van der Waals surface area contributed by atoms with E-state index in [1.165, 1.54) is 0 Å². The van der Waals surface area contributed by atoms with E-state index in [1.807, 2.05) is 6.92 Å². The third-order valence-corrected chi connectivity index (χ3v) is 3.01. The summed E-state index contributed by atoms with van der Waals surface area (Å²) in [6.07, 6.45) is 4.61. The van der Waals surface area contributed by atoms with Crippen molar-refractivity contribution in [2.75, 3.05) is 27.2 Å². The van der Waals surface area contributed by atoms with E-state index in [2.05, 4.69) is 5.32 Å². The van der Waals surface area contributed by atoms with Gasteiger partial charge in [-0.3, -0.25) is 9.59 Å². The lowest BCUT2D eigenvalue weighted by Gasteiger charge is -2.20. The van der Waals surface area contributed by atoms with Gasteiger partial charge in [-0.15, -0.1) is 0 Å². The van der Waals surface area contributed by atoms with Gasteiger partial charge in [0.15, 0.2) is 0 Å². The van der Waals surface area contributed by atoms with Gasteiger partial charge in [-0.05, 0) is 19.4 Å². The Morgan fingerprint density at radius 3 is 2.39 bits per heavy atom. The second kappa shape index (κ2) is 9.88. The standard InChI is InChI=1S/C13H27N3O2/c1-11(13(18)15-2)10-16(3)12(17)8-6-4-5-7-9-14/h11H,4-10,14H2,1-3H3,(H,15,18). The van der Waals surface area contributed by atoms with E-state index < -0.39 is 0 Å². The summed E-state index contributed by atoms with van der Waals surface area (Å²) in [4.78, 5) is 24.8. The molecule has 0 heterocycles. The molecule has 0 aliphatic rings. The van der Waals surface area contributed by atoms with E-state index in [0.29, 0.717) is 13.0 Å². The molecule has 1 unspecified atom stereocenters. The third kappa shape index (κ3) is 7.27. The van der Waals surface area contributed by atoms with Crippen molar-refractivity contribution in [3.8, 4) is 0 Å². The fourth-order valence-corrected chi connectivity index (χ4v) is 1.81. The topological polar surface area (TPSA) is 75.4 Å². The van der Waals surface area contributed by atoms with E-state index in [4.69, 9.17) is 5.73 Å². The highest BCUT2D eigenvalue weighted by Gasteiger charge is 2.16. The van der Waals surface area contributed by atoms with Gasteiger partial charge in [0.1, 0.15) is 0 Å². The van der Waals surface area contributed by atoms with Crippen LogP contribution in [-0.2, 0) is 9.59 Å².